The third-order valence-corrected chi connectivity index (χ3v) is 3.34. The topological polar surface area (TPSA) is 67.4 Å². The van der Waals surface area contributed by atoms with Gasteiger partial charge in [-0.1, -0.05) is 25.5 Å². The summed E-state index contributed by atoms with van der Waals surface area (Å²) in [5, 5.41) is 0. The Balaban J connectivity index is 2.41. The molecule has 0 bridgehead atoms. The number of hydrogen-bond acceptors (Lipinski definition) is 3. The van der Waals surface area contributed by atoms with E-state index in [0.717, 1.165) is 12.8 Å². The van der Waals surface area contributed by atoms with E-state index in [-0.39, 0.29) is 11.8 Å². The average molecular weight is 343 g/mol. The van der Waals surface area contributed by atoms with Crippen LogP contribution in [0.5, 0.6) is 0 Å². The van der Waals surface area contributed by atoms with E-state index in [1.165, 1.54) is 0 Å². The molecule has 0 fully saturated rings. The number of rotatable bonds is 6. The van der Waals surface area contributed by atoms with E-state index in [4.69, 9.17) is 4.74 Å². The van der Waals surface area contributed by atoms with Crippen LogP contribution < -0.4 is 10.9 Å². The van der Waals surface area contributed by atoms with Crippen LogP contribution >= 0.6 is 15.9 Å². The average Bonchev–Trinajstić information content (AvgIpc) is 2.45. The second kappa shape index (κ2) is 8.71. The van der Waals surface area contributed by atoms with E-state index in [1.807, 2.05) is 13.0 Å². The maximum atomic E-state index is 11.9. The van der Waals surface area contributed by atoms with Gasteiger partial charge in [0, 0.05) is 11.1 Å². The van der Waals surface area contributed by atoms with Crippen molar-refractivity contribution in [3.8, 4) is 0 Å². The molecule has 0 radical (unpaired) electrons. The quantitative estimate of drug-likeness (QED) is 0.616. The second-order valence-corrected chi connectivity index (χ2v) is 5.14. The van der Waals surface area contributed by atoms with Gasteiger partial charge >= 0.3 is 0 Å². The molecule has 0 saturated heterocycles. The number of ether oxygens (including phenoxy) is 1. The molecule has 0 aromatic heterocycles. The van der Waals surface area contributed by atoms with Gasteiger partial charge in [0.25, 0.3) is 11.8 Å². The lowest BCUT2D eigenvalue weighted by Gasteiger charge is -2.14. The summed E-state index contributed by atoms with van der Waals surface area (Å²) in [5.74, 6) is -0.756. The highest BCUT2D eigenvalue weighted by atomic mass is 79.9. The van der Waals surface area contributed by atoms with Crippen LogP contribution in [0.15, 0.2) is 28.7 Å². The SMILES string of the molecule is CCCCOC(C)C(=O)NNC(=O)c1ccccc1Br. The lowest BCUT2D eigenvalue weighted by atomic mass is 10.2. The number of halogens is 1. The van der Waals surface area contributed by atoms with Gasteiger partial charge in [-0.15, -0.1) is 0 Å². The van der Waals surface area contributed by atoms with Crippen molar-refractivity contribution in [2.75, 3.05) is 6.61 Å². The van der Waals surface area contributed by atoms with Gasteiger partial charge in [0.2, 0.25) is 0 Å². The van der Waals surface area contributed by atoms with E-state index in [9.17, 15) is 9.59 Å². The summed E-state index contributed by atoms with van der Waals surface area (Å²) in [6, 6.07) is 6.97. The summed E-state index contributed by atoms with van der Waals surface area (Å²) < 4.78 is 6.00. The second-order valence-electron chi connectivity index (χ2n) is 4.29. The van der Waals surface area contributed by atoms with Crippen molar-refractivity contribution in [1.82, 2.24) is 10.9 Å². The van der Waals surface area contributed by atoms with E-state index < -0.39 is 6.10 Å². The van der Waals surface area contributed by atoms with Gasteiger partial charge in [0.15, 0.2) is 0 Å². The predicted octanol–water partition coefficient (Wildman–Crippen LogP) is 2.42. The molecule has 0 aliphatic heterocycles. The van der Waals surface area contributed by atoms with Gasteiger partial charge in [-0.3, -0.25) is 20.4 Å². The molecule has 6 heteroatoms. The minimum atomic E-state index is -0.596. The maximum Gasteiger partial charge on any atom is 0.270 e. The number of hydrogen-bond donors (Lipinski definition) is 2. The molecule has 2 N–H and O–H groups in total. The number of benzene rings is 1. The summed E-state index contributed by atoms with van der Waals surface area (Å²) in [6.07, 6.45) is 1.31. The predicted molar refractivity (Wildman–Crippen MR) is 80.1 cm³/mol. The zero-order valence-electron chi connectivity index (χ0n) is 11.6. The normalized spacial score (nSPS) is 11.8. The Morgan fingerprint density at radius 2 is 2.00 bits per heavy atom. The van der Waals surface area contributed by atoms with E-state index in [0.29, 0.717) is 16.6 Å². The molecule has 0 aliphatic rings. The van der Waals surface area contributed by atoms with Crippen LogP contribution in [0.3, 0.4) is 0 Å². The van der Waals surface area contributed by atoms with Crippen molar-refractivity contribution >= 4 is 27.7 Å². The third kappa shape index (κ3) is 5.30. The van der Waals surface area contributed by atoms with Gasteiger partial charge in [-0.2, -0.15) is 0 Å². The van der Waals surface area contributed by atoms with Crippen molar-refractivity contribution in [3.05, 3.63) is 34.3 Å². The lowest BCUT2D eigenvalue weighted by Crippen LogP contribution is -2.46. The third-order valence-electron chi connectivity index (χ3n) is 2.65. The Morgan fingerprint density at radius 3 is 2.65 bits per heavy atom. The molecule has 0 heterocycles. The van der Waals surface area contributed by atoms with Crippen molar-refractivity contribution in [2.45, 2.75) is 32.8 Å². The Bertz CT molecular complexity index is 465. The molecule has 1 aromatic rings. The Hall–Kier alpha value is -1.40. The fourth-order valence-electron chi connectivity index (χ4n) is 1.41. The fraction of sp³-hybridized carbons (Fsp3) is 0.429. The van der Waals surface area contributed by atoms with Gasteiger partial charge < -0.3 is 4.74 Å². The number of unbranched alkanes of at least 4 members (excludes halogenated alkanes) is 1. The largest absolute Gasteiger partial charge is 0.369 e. The van der Waals surface area contributed by atoms with Gasteiger partial charge in [-0.05, 0) is 41.4 Å². The molecule has 5 nitrogen and oxygen atoms in total. The van der Waals surface area contributed by atoms with Crippen molar-refractivity contribution in [3.63, 3.8) is 0 Å². The molecule has 0 saturated carbocycles. The standard InChI is InChI=1S/C14H19BrN2O3/c1-3-4-9-20-10(2)13(18)16-17-14(19)11-7-5-6-8-12(11)15/h5-8,10H,3-4,9H2,1-2H3,(H,16,18)(H,17,19). The smallest absolute Gasteiger partial charge is 0.270 e. The molecule has 20 heavy (non-hydrogen) atoms. The zero-order chi connectivity index (χ0) is 15.0. The molecular formula is C14H19BrN2O3. The van der Waals surface area contributed by atoms with Crippen molar-refractivity contribution in [2.24, 2.45) is 0 Å². The first-order chi connectivity index (χ1) is 9.56. The molecule has 1 aromatic carbocycles. The molecule has 2 amide bonds. The van der Waals surface area contributed by atoms with E-state index in [1.54, 1.807) is 25.1 Å². The van der Waals surface area contributed by atoms with Gasteiger partial charge in [0.1, 0.15) is 6.10 Å². The summed E-state index contributed by atoms with van der Waals surface area (Å²) in [5.41, 5.74) is 5.16. The molecule has 110 valence electrons. The first-order valence-corrected chi connectivity index (χ1v) is 7.32. The molecule has 1 rings (SSSR count). The highest BCUT2D eigenvalue weighted by molar-refractivity contribution is 9.10. The summed E-state index contributed by atoms with van der Waals surface area (Å²) >= 11 is 3.28. The van der Waals surface area contributed by atoms with Crippen LogP contribution in [-0.4, -0.2) is 24.5 Å². The van der Waals surface area contributed by atoms with Crippen LogP contribution in [0.25, 0.3) is 0 Å². The zero-order valence-corrected chi connectivity index (χ0v) is 13.2. The fourth-order valence-corrected chi connectivity index (χ4v) is 1.88. The van der Waals surface area contributed by atoms with Gasteiger partial charge in [0.05, 0.1) is 5.56 Å². The summed E-state index contributed by atoms with van der Waals surface area (Å²) in [6.45, 7) is 4.23. The van der Waals surface area contributed by atoms with Crippen LogP contribution in [-0.2, 0) is 9.53 Å². The van der Waals surface area contributed by atoms with Crippen LogP contribution in [0, 0.1) is 0 Å². The monoisotopic (exact) mass is 342 g/mol. The first-order valence-electron chi connectivity index (χ1n) is 6.52. The molecular weight excluding hydrogens is 324 g/mol. The molecule has 1 atom stereocenters. The Kier molecular flexibility index (Phi) is 7.25. The van der Waals surface area contributed by atoms with Crippen LogP contribution in [0.2, 0.25) is 0 Å². The molecule has 0 spiro atoms. The van der Waals surface area contributed by atoms with Gasteiger partial charge in [-0.25, -0.2) is 0 Å². The van der Waals surface area contributed by atoms with Crippen LogP contribution in [0.4, 0.5) is 0 Å². The molecule has 0 aliphatic carbocycles. The highest BCUT2D eigenvalue weighted by Crippen LogP contribution is 2.15. The number of nitrogens with one attached hydrogen (secondary N) is 2. The summed E-state index contributed by atoms with van der Waals surface area (Å²) in [7, 11) is 0. The number of carbonyl (C=O) groups excluding carboxylic acids is 2. The minimum absolute atomic E-state index is 0.374. The Morgan fingerprint density at radius 1 is 1.30 bits per heavy atom. The number of hydrazine groups is 1. The van der Waals surface area contributed by atoms with Crippen molar-refractivity contribution in [1.29, 1.82) is 0 Å². The Labute approximate surface area is 127 Å². The van der Waals surface area contributed by atoms with Crippen LogP contribution in [0.1, 0.15) is 37.0 Å². The minimum Gasteiger partial charge on any atom is -0.369 e. The summed E-state index contributed by atoms with van der Waals surface area (Å²) in [4.78, 5) is 23.6. The lowest BCUT2D eigenvalue weighted by molar-refractivity contribution is -0.132. The molecule has 1 unspecified atom stereocenters. The van der Waals surface area contributed by atoms with E-state index >= 15 is 0 Å². The number of amides is 2. The van der Waals surface area contributed by atoms with Crippen molar-refractivity contribution < 1.29 is 14.3 Å². The number of carbonyl (C=O) groups is 2. The first kappa shape index (κ1) is 16.7. The highest BCUT2D eigenvalue weighted by Gasteiger charge is 2.15. The maximum absolute atomic E-state index is 11.9. The van der Waals surface area contributed by atoms with E-state index in [2.05, 4.69) is 26.8 Å².